The number of pyridine rings is 1. The van der Waals surface area contributed by atoms with Gasteiger partial charge in [0.05, 0.1) is 19.2 Å². The van der Waals surface area contributed by atoms with E-state index in [-0.39, 0.29) is 11.4 Å². The average molecular weight is 265 g/mol. The van der Waals surface area contributed by atoms with Crippen molar-refractivity contribution in [2.45, 2.75) is 31.9 Å². The number of carbonyl (C=O) groups excluding carboxylic acids is 1. The van der Waals surface area contributed by atoms with Crippen LogP contribution < -0.4 is 0 Å². The lowest BCUT2D eigenvalue weighted by Gasteiger charge is -2.12. The zero-order valence-electron chi connectivity index (χ0n) is 10.9. The standard InChI is InChI=1S/C14H19NO2S/c1-11-4-3-5-12(15-11)9-18-10-14(6-7-14)8-13(16)17-2/h3-5H,6-10H2,1-2H3. The third kappa shape index (κ3) is 3.73. The van der Waals surface area contributed by atoms with Gasteiger partial charge in [-0.05, 0) is 43.1 Å². The van der Waals surface area contributed by atoms with Gasteiger partial charge in [0.1, 0.15) is 0 Å². The molecule has 1 aliphatic rings. The minimum atomic E-state index is -0.0817. The van der Waals surface area contributed by atoms with Crippen LogP contribution in [0.15, 0.2) is 18.2 Å². The smallest absolute Gasteiger partial charge is 0.306 e. The van der Waals surface area contributed by atoms with Crippen LogP contribution in [0.25, 0.3) is 0 Å². The summed E-state index contributed by atoms with van der Waals surface area (Å²) in [6, 6.07) is 6.10. The highest BCUT2D eigenvalue weighted by atomic mass is 32.2. The highest BCUT2D eigenvalue weighted by molar-refractivity contribution is 7.98. The monoisotopic (exact) mass is 265 g/mol. The van der Waals surface area contributed by atoms with Gasteiger partial charge in [0.15, 0.2) is 0 Å². The van der Waals surface area contributed by atoms with Gasteiger partial charge in [-0.1, -0.05) is 6.07 Å². The first-order chi connectivity index (χ1) is 8.63. The number of nitrogens with zero attached hydrogens (tertiary/aromatic N) is 1. The summed E-state index contributed by atoms with van der Waals surface area (Å²) in [5, 5.41) is 0. The van der Waals surface area contributed by atoms with Gasteiger partial charge in [-0.25, -0.2) is 0 Å². The van der Waals surface area contributed by atoms with Gasteiger partial charge >= 0.3 is 5.97 Å². The van der Waals surface area contributed by atoms with Crippen LogP contribution in [0, 0.1) is 12.3 Å². The van der Waals surface area contributed by atoms with E-state index in [1.165, 1.54) is 7.11 Å². The van der Waals surface area contributed by atoms with Crippen LogP contribution in [0.1, 0.15) is 30.7 Å². The first-order valence-corrected chi connectivity index (χ1v) is 7.36. The molecule has 0 spiro atoms. The van der Waals surface area contributed by atoms with Crippen molar-refractivity contribution < 1.29 is 9.53 Å². The number of ether oxygens (including phenoxy) is 1. The van der Waals surface area contributed by atoms with Crippen LogP contribution in [0.3, 0.4) is 0 Å². The first kappa shape index (κ1) is 13.4. The van der Waals surface area contributed by atoms with Crippen LogP contribution in [-0.4, -0.2) is 23.8 Å². The van der Waals surface area contributed by atoms with Crippen molar-refractivity contribution in [3.63, 3.8) is 0 Å². The lowest BCUT2D eigenvalue weighted by atomic mass is 10.1. The Balaban J connectivity index is 1.77. The molecule has 1 fully saturated rings. The van der Waals surface area contributed by atoms with Crippen LogP contribution in [-0.2, 0) is 15.3 Å². The summed E-state index contributed by atoms with van der Waals surface area (Å²) >= 11 is 1.87. The molecule has 0 radical (unpaired) electrons. The van der Waals surface area contributed by atoms with E-state index < -0.39 is 0 Å². The van der Waals surface area contributed by atoms with E-state index in [1.54, 1.807) is 0 Å². The number of hydrogen-bond donors (Lipinski definition) is 0. The molecule has 98 valence electrons. The molecule has 1 aromatic heterocycles. The second-order valence-electron chi connectivity index (χ2n) is 5.02. The molecule has 0 amide bonds. The van der Waals surface area contributed by atoms with Crippen molar-refractivity contribution in [1.29, 1.82) is 0 Å². The lowest BCUT2D eigenvalue weighted by molar-refractivity contribution is -0.141. The summed E-state index contributed by atoms with van der Waals surface area (Å²) in [7, 11) is 1.46. The number of rotatable bonds is 6. The van der Waals surface area contributed by atoms with E-state index in [4.69, 9.17) is 4.74 Å². The molecule has 1 aromatic rings. The van der Waals surface area contributed by atoms with E-state index in [9.17, 15) is 4.79 Å². The minimum Gasteiger partial charge on any atom is -0.469 e. The Morgan fingerprint density at radius 1 is 1.50 bits per heavy atom. The van der Waals surface area contributed by atoms with E-state index >= 15 is 0 Å². The Bertz CT molecular complexity index is 430. The Hall–Kier alpha value is -1.03. The molecular weight excluding hydrogens is 246 g/mol. The first-order valence-electron chi connectivity index (χ1n) is 6.21. The maximum atomic E-state index is 11.3. The number of aryl methyl sites for hydroxylation is 1. The molecule has 0 atom stereocenters. The van der Waals surface area contributed by atoms with Gasteiger partial charge in [0, 0.05) is 11.4 Å². The summed E-state index contributed by atoms with van der Waals surface area (Å²) in [6.07, 6.45) is 2.87. The van der Waals surface area contributed by atoms with Gasteiger partial charge in [0.2, 0.25) is 0 Å². The van der Waals surface area contributed by atoms with Gasteiger partial charge in [0.25, 0.3) is 0 Å². The summed E-state index contributed by atoms with van der Waals surface area (Å²) in [4.78, 5) is 15.8. The highest BCUT2D eigenvalue weighted by Gasteiger charge is 2.44. The normalized spacial score (nSPS) is 16.3. The number of aromatic nitrogens is 1. The fourth-order valence-electron chi connectivity index (χ4n) is 1.98. The van der Waals surface area contributed by atoms with Crippen molar-refractivity contribution in [3.8, 4) is 0 Å². The third-order valence-electron chi connectivity index (χ3n) is 3.31. The van der Waals surface area contributed by atoms with Gasteiger partial charge in [-0.15, -0.1) is 0 Å². The SMILES string of the molecule is COC(=O)CC1(CSCc2cccc(C)n2)CC1. The summed E-state index contributed by atoms with van der Waals surface area (Å²) in [5.74, 6) is 1.87. The fourth-order valence-corrected chi connectivity index (χ4v) is 3.27. The topological polar surface area (TPSA) is 39.2 Å². The molecule has 3 nitrogen and oxygen atoms in total. The maximum absolute atomic E-state index is 11.3. The second-order valence-corrected chi connectivity index (χ2v) is 6.00. The van der Waals surface area contributed by atoms with Gasteiger partial charge in [-0.2, -0.15) is 11.8 Å². The summed E-state index contributed by atoms with van der Waals surface area (Å²) < 4.78 is 4.75. The van der Waals surface area contributed by atoms with E-state index in [0.717, 1.165) is 35.7 Å². The Labute approximate surface area is 112 Å². The molecule has 4 heteroatoms. The zero-order valence-corrected chi connectivity index (χ0v) is 11.8. The van der Waals surface area contributed by atoms with Crippen molar-refractivity contribution in [1.82, 2.24) is 4.98 Å². The summed E-state index contributed by atoms with van der Waals surface area (Å²) in [6.45, 7) is 2.01. The van der Waals surface area contributed by atoms with E-state index in [2.05, 4.69) is 11.1 Å². The molecule has 1 saturated carbocycles. The van der Waals surface area contributed by atoms with Crippen molar-refractivity contribution in [2.24, 2.45) is 5.41 Å². The molecule has 18 heavy (non-hydrogen) atoms. The van der Waals surface area contributed by atoms with E-state index in [1.807, 2.05) is 30.8 Å². The molecule has 0 saturated heterocycles. The van der Waals surface area contributed by atoms with Crippen molar-refractivity contribution in [3.05, 3.63) is 29.6 Å². The fraction of sp³-hybridized carbons (Fsp3) is 0.571. The molecule has 0 aliphatic heterocycles. The second kappa shape index (κ2) is 5.74. The minimum absolute atomic E-state index is 0.0817. The van der Waals surface area contributed by atoms with Crippen LogP contribution in [0.5, 0.6) is 0 Å². The molecule has 0 aromatic carbocycles. The van der Waals surface area contributed by atoms with Crippen LogP contribution >= 0.6 is 11.8 Å². The summed E-state index contributed by atoms with van der Waals surface area (Å²) in [5.41, 5.74) is 2.39. The van der Waals surface area contributed by atoms with Gasteiger partial charge < -0.3 is 4.74 Å². The van der Waals surface area contributed by atoms with Crippen molar-refractivity contribution in [2.75, 3.05) is 12.9 Å². The number of thioether (sulfide) groups is 1. The largest absolute Gasteiger partial charge is 0.469 e. The Morgan fingerprint density at radius 2 is 2.28 bits per heavy atom. The molecule has 0 unspecified atom stereocenters. The average Bonchev–Trinajstić information content (AvgIpc) is 3.09. The van der Waals surface area contributed by atoms with Gasteiger partial charge in [-0.3, -0.25) is 9.78 Å². The molecule has 1 heterocycles. The third-order valence-corrected chi connectivity index (χ3v) is 4.62. The quantitative estimate of drug-likeness (QED) is 0.741. The lowest BCUT2D eigenvalue weighted by Crippen LogP contribution is -2.13. The zero-order chi connectivity index (χ0) is 13.0. The number of carbonyl (C=O) groups is 1. The van der Waals surface area contributed by atoms with E-state index in [0.29, 0.717) is 6.42 Å². The molecule has 0 bridgehead atoms. The van der Waals surface area contributed by atoms with Crippen molar-refractivity contribution >= 4 is 17.7 Å². The maximum Gasteiger partial charge on any atom is 0.306 e. The Kier molecular flexibility index (Phi) is 4.27. The highest BCUT2D eigenvalue weighted by Crippen LogP contribution is 2.51. The predicted octanol–water partition coefficient (Wildman–Crippen LogP) is 2.97. The molecule has 2 rings (SSSR count). The van der Waals surface area contributed by atoms with Crippen LogP contribution in [0.2, 0.25) is 0 Å². The molecule has 1 aliphatic carbocycles. The van der Waals surface area contributed by atoms with Crippen LogP contribution in [0.4, 0.5) is 0 Å². The molecule has 0 N–H and O–H groups in total. The number of esters is 1. The number of hydrogen-bond acceptors (Lipinski definition) is 4. The predicted molar refractivity (Wildman–Crippen MR) is 73.4 cm³/mol. The Morgan fingerprint density at radius 3 is 2.89 bits per heavy atom. The molecular formula is C14H19NO2S. The number of methoxy groups -OCH3 is 1.